The Morgan fingerprint density at radius 3 is 1.26 bits per heavy atom. The van der Waals surface area contributed by atoms with Gasteiger partial charge in [-0.2, -0.15) is 4.79 Å². The van der Waals surface area contributed by atoms with Gasteiger partial charge in [0.1, 0.15) is 17.2 Å². The molecule has 3 N–H and O–H groups in total. The van der Waals surface area contributed by atoms with Crippen molar-refractivity contribution < 1.29 is 24.9 Å². The largest absolute Gasteiger partial charge is 0.531 e. The first-order valence-electron chi connectivity index (χ1n) is 8.43. The average molecular weight is 366 g/mol. The molecule has 3 rings (SSSR count). The Balaban J connectivity index is 2.36. The highest BCUT2D eigenvalue weighted by molar-refractivity contribution is 5.97. The van der Waals surface area contributed by atoms with E-state index >= 15 is 0 Å². The summed E-state index contributed by atoms with van der Waals surface area (Å²) in [6.07, 6.45) is -0.556. The maximum atomic E-state index is 13.3. The lowest BCUT2D eigenvalue weighted by Crippen LogP contribution is -2.45. The van der Waals surface area contributed by atoms with Crippen LogP contribution >= 0.6 is 0 Å². The molecule has 3 aromatic carbocycles. The Morgan fingerprint density at radius 2 is 1.00 bits per heavy atom. The van der Waals surface area contributed by atoms with Crippen LogP contribution < -0.4 is 4.48 Å². The summed E-state index contributed by atoms with van der Waals surface area (Å²) in [5, 5.41) is 29.1. The molecule has 6 nitrogen and oxygen atoms in total. The minimum Gasteiger partial charge on any atom is -0.508 e. The number of aromatic hydroxyl groups is 3. The molecule has 0 bridgehead atoms. The SMILES string of the molecule is CCOC(=O)[N+](c1ccc(O)cc1)(c1ccc(O)cc1)c1ccc(O)cc1. The Labute approximate surface area is 156 Å². The van der Waals surface area contributed by atoms with Gasteiger partial charge in [0, 0.05) is 36.4 Å². The number of hydrogen-bond acceptors (Lipinski definition) is 5. The van der Waals surface area contributed by atoms with Crippen molar-refractivity contribution in [3.63, 3.8) is 0 Å². The molecule has 0 saturated heterocycles. The molecule has 0 unspecified atom stereocenters. The van der Waals surface area contributed by atoms with Crippen molar-refractivity contribution >= 4 is 23.2 Å². The summed E-state index contributed by atoms with van der Waals surface area (Å²) in [7, 11) is 0. The van der Waals surface area contributed by atoms with Crippen LogP contribution in [0, 0.1) is 0 Å². The lowest BCUT2D eigenvalue weighted by molar-refractivity contribution is 0.136. The highest BCUT2D eigenvalue weighted by Crippen LogP contribution is 2.45. The van der Waals surface area contributed by atoms with Crippen LogP contribution in [0.5, 0.6) is 17.2 Å². The van der Waals surface area contributed by atoms with E-state index in [0.717, 1.165) is 0 Å². The van der Waals surface area contributed by atoms with Crippen LogP contribution in [0.2, 0.25) is 0 Å². The molecule has 0 heterocycles. The lowest BCUT2D eigenvalue weighted by atomic mass is 10.1. The second kappa shape index (κ2) is 7.39. The van der Waals surface area contributed by atoms with Crippen molar-refractivity contribution in [1.82, 2.24) is 4.48 Å². The number of phenolic OH excluding ortho intramolecular Hbond substituents is 3. The van der Waals surface area contributed by atoms with Crippen molar-refractivity contribution in [3.05, 3.63) is 72.8 Å². The quantitative estimate of drug-likeness (QED) is 0.570. The number of rotatable bonds is 4. The molecule has 6 heteroatoms. The van der Waals surface area contributed by atoms with Crippen molar-refractivity contribution in [2.45, 2.75) is 6.92 Å². The molecule has 0 aliphatic rings. The summed E-state index contributed by atoms with van der Waals surface area (Å²) in [5.74, 6) is 0.200. The van der Waals surface area contributed by atoms with E-state index < -0.39 is 10.6 Å². The molecule has 0 atom stereocenters. The number of phenols is 3. The zero-order valence-electron chi connectivity index (χ0n) is 14.7. The third-order valence-electron chi connectivity index (χ3n) is 4.25. The van der Waals surface area contributed by atoms with Gasteiger partial charge in [0.2, 0.25) is 0 Å². The minimum atomic E-state index is -0.556. The number of quaternary nitrogens is 1. The Hall–Kier alpha value is -3.51. The molecule has 138 valence electrons. The molecule has 0 spiro atoms. The van der Waals surface area contributed by atoms with Gasteiger partial charge in [-0.25, -0.2) is 0 Å². The molecule has 0 aromatic heterocycles. The van der Waals surface area contributed by atoms with E-state index in [1.165, 1.54) is 36.4 Å². The number of hydrogen-bond donors (Lipinski definition) is 3. The monoisotopic (exact) mass is 366 g/mol. The standard InChI is InChI=1S/C21H19NO5/c1-2-27-21(26)22(15-3-9-18(23)10-4-15,16-5-11-19(24)12-6-16)17-7-13-20(25)14-8-17/h3-14H,2H2,1H3,(H2-,23,24,25)/p+1. The summed E-state index contributed by atoms with van der Waals surface area (Å²) in [6.45, 7) is 1.89. The number of amides is 1. The van der Waals surface area contributed by atoms with Gasteiger partial charge >= 0.3 is 6.09 Å². The number of carbonyl (C=O) groups is 1. The summed E-state index contributed by atoms with van der Waals surface area (Å²) in [5.41, 5.74) is 1.59. The topological polar surface area (TPSA) is 87.0 Å². The van der Waals surface area contributed by atoms with Crippen molar-refractivity contribution in [2.75, 3.05) is 6.61 Å². The normalized spacial score (nSPS) is 11.1. The van der Waals surface area contributed by atoms with Crippen LogP contribution in [0.25, 0.3) is 0 Å². The molecule has 0 aliphatic carbocycles. The predicted octanol–water partition coefficient (Wildman–Crippen LogP) is 4.93. The van der Waals surface area contributed by atoms with Crippen LogP contribution in [-0.2, 0) is 4.74 Å². The van der Waals surface area contributed by atoms with E-state index in [2.05, 4.69) is 0 Å². The van der Waals surface area contributed by atoms with Gasteiger partial charge in [-0.3, -0.25) is 0 Å². The zero-order chi connectivity index (χ0) is 19.4. The number of benzene rings is 3. The van der Waals surface area contributed by atoms with Crippen LogP contribution in [0.4, 0.5) is 21.9 Å². The lowest BCUT2D eigenvalue weighted by Gasteiger charge is -2.33. The first-order chi connectivity index (χ1) is 13.0. The highest BCUT2D eigenvalue weighted by atomic mass is 16.6. The van der Waals surface area contributed by atoms with E-state index in [0.29, 0.717) is 17.1 Å². The fourth-order valence-electron chi connectivity index (χ4n) is 3.01. The maximum Gasteiger partial charge on any atom is 0.531 e. The molecule has 0 radical (unpaired) electrons. The number of ether oxygens (including phenoxy) is 1. The first kappa shape index (κ1) is 18.3. The van der Waals surface area contributed by atoms with Gasteiger partial charge in [-0.05, 0) is 43.3 Å². The first-order valence-corrected chi connectivity index (χ1v) is 8.43. The second-order valence-electron chi connectivity index (χ2n) is 5.92. The van der Waals surface area contributed by atoms with Gasteiger partial charge in [0.15, 0.2) is 17.1 Å². The smallest absolute Gasteiger partial charge is 0.508 e. The number of nitrogens with zero attached hydrogens (tertiary/aromatic N) is 1. The van der Waals surface area contributed by atoms with Crippen molar-refractivity contribution in [1.29, 1.82) is 0 Å². The second-order valence-corrected chi connectivity index (χ2v) is 5.92. The third kappa shape index (κ3) is 3.30. The van der Waals surface area contributed by atoms with Crippen molar-refractivity contribution in [3.8, 4) is 17.2 Å². The van der Waals surface area contributed by atoms with E-state index in [1.807, 2.05) is 0 Å². The summed E-state index contributed by atoms with van der Waals surface area (Å²) >= 11 is 0. The molecule has 0 fully saturated rings. The Kier molecular flexibility index (Phi) is 5.00. The highest BCUT2D eigenvalue weighted by Gasteiger charge is 2.46. The van der Waals surface area contributed by atoms with Gasteiger partial charge in [0.25, 0.3) is 0 Å². The van der Waals surface area contributed by atoms with Gasteiger partial charge in [0.05, 0.1) is 6.61 Å². The van der Waals surface area contributed by atoms with E-state index in [4.69, 9.17) is 4.74 Å². The van der Waals surface area contributed by atoms with Crippen molar-refractivity contribution in [2.24, 2.45) is 0 Å². The zero-order valence-corrected chi connectivity index (χ0v) is 14.7. The average Bonchev–Trinajstić information content (AvgIpc) is 2.66. The molecule has 0 saturated carbocycles. The van der Waals surface area contributed by atoms with Crippen LogP contribution in [0.15, 0.2) is 72.8 Å². The van der Waals surface area contributed by atoms with E-state index in [-0.39, 0.29) is 23.9 Å². The van der Waals surface area contributed by atoms with Gasteiger partial charge in [-0.15, -0.1) is 4.48 Å². The molecule has 0 aliphatic heterocycles. The maximum absolute atomic E-state index is 13.3. The Morgan fingerprint density at radius 1 is 0.704 bits per heavy atom. The number of carbonyl (C=O) groups excluding carboxylic acids is 1. The van der Waals surface area contributed by atoms with Gasteiger partial charge < -0.3 is 20.1 Å². The molecule has 3 aromatic rings. The fraction of sp³-hybridized carbons (Fsp3) is 0.0952. The summed E-state index contributed by atoms with van der Waals surface area (Å²) in [4.78, 5) is 13.3. The molecular formula is C21H20NO5+. The van der Waals surface area contributed by atoms with Crippen LogP contribution in [0.1, 0.15) is 6.92 Å². The third-order valence-corrected chi connectivity index (χ3v) is 4.25. The van der Waals surface area contributed by atoms with Gasteiger partial charge in [-0.1, -0.05) is 0 Å². The van der Waals surface area contributed by atoms with Crippen LogP contribution in [0.3, 0.4) is 0 Å². The fourth-order valence-corrected chi connectivity index (χ4v) is 3.01. The van der Waals surface area contributed by atoms with E-state index in [9.17, 15) is 20.1 Å². The van der Waals surface area contributed by atoms with Crippen LogP contribution in [-0.4, -0.2) is 28.0 Å². The minimum absolute atomic E-state index is 0.0668. The van der Waals surface area contributed by atoms with E-state index in [1.54, 1.807) is 43.3 Å². The summed E-state index contributed by atoms with van der Waals surface area (Å²) < 4.78 is 4.97. The predicted molar refractivity (Wildman–Crippen MR) is 102 cm³/mol. The Bertz CT molecular complexity index is 807. The summed E-state index contributed by atoms with van der Waals surface area (Å²) in [6, 6.07) is 18.7. The molecule has 27 heavy (non-hydrogen) atoms. The molecular weight excluding hydrogens is 346 g/mol. The molecule has 1 amide bonds.